The highest BCUT2D eigenvalue weighted by Gasteiger charge is 2.44. The zero-order chi connectivity index (χ0) is 16.6. The van der Waals surface area contributed by atoms with Crippen molar-refractivity contribution >= 4 is 0 Å². The van der Waals surface area contributed by atoms with Gasteiger partial charge >= 0.3 is 0 Å². The van der Waals surface area contributed by atoms with Crippen molar-refractivity contribution in [3.8, 4) is 0 Å². The fraction of sp³-hybridized carbons (Fsp3) is 1.00. The van der Waals surface area contributed by atoms with Gasteiger partial charge in [0.1, 0.15) is 0 Å². The molecule has 0 amide bonds. The molecule has 2 saturated heterocycles. The lowest BCUT2D eigenvalue weighted by Crippen LogP contribution is -2.54. The van der Waals surface area contributed by atoms with Crippen LogP contribution in [0.25, 0.3) is 0 Å². The first-order valence-corrected chi connectivity index (χ1v) is 8.77. The van der Waals surface area contributed by atoms with Crippen LogP contribution < -0.4 is 0 Å². The molecule has 0 spiro atoms. The summed E-state index contributed by atoms with van der Waals surface area (Å²) in [7, 11) is 1.71. The van der Waals surface area contributed by atoms with E-state index in [1.165, 1.54) is 0 Å². The van der Waals surface area contributed by atoms with E-state index in [9.17, 15) is 0 Å². The fourth-order valence-corrected chi connectivity index (χ4v) is 3.82. The van der Waals surface area contributed by atoms with E-state index < -0.39 is 0 Å². The molecule has 2 aliphatic heterocycles. The van der Waals surface area contributed by atoms with E-state index in [1.54, 1.807) is 7.11 Å². The molecule has 10 atom stereocenters. The minimum Gasteiger partial charge on any atom is -0.356 e. The predicted octanol–water partition coefficient (Wildman–Crippen LogP) is 4.96. The molecule has 146 valence electrons. The summed E-state index contributed by atoms with van der Waals surface area (Å²) in [5.41, 5.74) is 0. The molecule has 4 heteroatoms. The van der Waals surface area contributed by atoms with Crippen LogP contribution in [0.2, 0.25) is 0 Å². The second kappa shape index (κ2) is 9.51. The van der Waals surface area contributed by atoms with Gasteiger partial charge in [0.2, 0.25) is 0 Å². The molecule has 2 heterocycles. The van der Waals surface area contributed by atoms with Crippen molar-refractivity contribution < 1.29 is 18.9 Å². The summed E-state index contributed by atoms with van der Waals surface area (Å²) in [4.78, 5) is 0. The van der Waals surface area contributed by atoms with Gasteiger partial charge in [-0.15, -0.1) is 0 Å². The average molecular weight is 347 g/mol. The smallest absolute Gasteiger partial charge is 0.161 e. The predicted molar refractivity (Wildman–Crippen MR) is 99.8 cm³/mol. The van der Waals surface area contributed by atoms with Crippen LogP contribution in [0.4, 0.5) is 0 Å². The second-order valence-electron chi connectivity index (χ2n) is 7.55. The van der Waals surface area contributed by atoms with E-state index >= 15 is 0 Å². The third-order valence-corrected chi connectivity index (χ3v) is 6.29. The maximum absolute atomic E-state index is 6.42. The highest BCUT2D eigenvalue weighted by Crippen LogP contribution is 2.39. The Labute approximate surface area is 150 Å². The lowest BCUT2D eigenvalue weighted by molar-refractivity contribution is -0.316. The van der Waals surface area contributed by atoms with Gasteiger partial charge in [-0.05, 0) is 31.6 Å². The Kier molecular flexibility index (Phi) is 9.45. The van der Waals surface area contributed by atoms with E-state index in [2.05, 4.69) is 48.5 Å². The lowest BCUT2D eigenvalue weighted by Gasteiger charge is -2.48. The Morgan fingerprint density at radius 3 is 1.62 bits per heavy atom. The van der Waals surface area contributed by atoms with Crippen molar-refractivity contribution in [3.63, 3.8) is 0 Å². The van der Waals surface area contributed by atoms with E-state index in [4.69, 9.17) is 18.9 Å². The summed E-state index contributed by atoms with van der Waals surface area (Å²) in [5, 5.41) is 0. The maximum Gasteiger partial charge on any atom is 0.161 e. The average Bonchev–Trinajstić information content (AvgIpc) is 2.49. The third-order valence-electron chi connectivity index (χ3n) is 6.29. The molecule has 0 N–H and O–H groups in total. The quantitative estimate of drug-likeness (QED) is 0.724. The molecule has 2 fully saturated rings. The molecule has 4 nitrogen and oxygen atoms in total. The Hall–Kier alpha value is -0.160. The molecule has 0 bridgehead atoms. The molecule has 0 aliphatic carbocycles. The Morgan fingerprint density at radius 1 is 0.583 bits per heavy atom. The second-order valence-corrected chi connectivity index (χ2v) is 7.55. The Morgan fingerprint density at radius 2 is 1.08 bits per heavy atom. The molecule has 0 radical (unpaired) electrons. The summed E-state index contributed by atoms with van der Waals surface area (Å²) < 4.78 is 24.0. The van der Waals surface area contributed by atoms with Crippen LogP contribution in [-0.2, 0) is 18.9 Å². The minimum absolute atomic E-state index is 0. The largest absolute Gasteiger partial charge is 0.356 e. The van der Waals surface area contributed by atoms with E-state index in [0.29, 0.717) is 29.6 Å². The normalized spacial score (nSPS) is 49.0. The van der Waals surface area contributed by atoms with Crippen LogP contribution in [0, 0.1) is 29.6 Å². The highest BCUT2D eigenvalue weighted by atomic mass is 16.7. The van der Waals surface area contributed by atoms with Crippen molar-refractivity contribution in [2.45, 2.75) is 94.2 Å². The molecule has 0 saturated carbocycles. The van der Waals surface area contributed by atoms with Crippen molar-refractivity contribution in [2.75, 3.05) is 7.11 Å². The number of ether oxygens (including phenoxy) is 4. The van der Waals surface area contributed by atoms with Crippen LogP contribution in [-0.4, -0.2) is 38.0 Å². The number of hydrogen-bond acceptors (Lipinski definition) is 4. The van der Waals surface area contributed by atoms with Crippen LogP contribution in [0.5, 0.6) is 0 Å². The summed E-state index contributed by atoms with van der Waals surface area (Å²) in [6.45, 7) is 15.4. The van der Waals surface area contributed by atoms with Gasteiger partial charge in [-0.3, -0.25) is 0 Å². The molecular formula is C20H42O4. The van der Waals surface area contributed by atoms with Gasteiger partial charge < -0.3 is 18.9 Å². The fourth-order valence-electron chi connectivity index (χ4n) is 3.82. The highest BCUT2D eigenvalue weighted by molar-refractivity contribution is 4.87. The van der Waals surface area contributed by atoms with Crippen molar-refractivity contribution in [2.24, 2.45) is 29.6 Å². The number of hydrogen-bond donors (Lipinski definition) is 0. The van der Waals surface area contributed by atoms with Crippen molar-refractivity contribution in [1.82, 2.24) is 0 Å². The maximum atomic E-state index is 6.42. The first-order chi connectivity index (χ1) is 10.3. The molecule has 0 aromatic carbocycles. The van der Waals surface area contributed by atoms with Crippen molar-refractivity contribution in [3.05, 3.63) is 0 Å². The van der Waals surface area contributed by atoms with Gasteiger partial charge in [0.15, 0.2) is 12.6 Å². The van der Waals surface area contributed by atoms with Crippen molar-refractivity contribution in [1.29, 1.82) is 0 Å². The molecule has 0 aromatic rings. The Bertz CT molecular complexity index is 362. The molecule has 0 aromatic heterocycles. The summed E-state index contributed by atoms with van der Waals surface area (Å²) in [6, 6.07) is 0. The standard InChI is InChI=1S/C18H34O4.2CH4/c1-9-10(2)14(6)20-18(12(9)4)22-16-11(3)13(5)17(19-8)21-15(16)7;;/h9-18H,1-8H3;2*1H4/t9-,10?,11+,12+,13+,14+,15+,16-,17+,18-;;/m0../s1. The molecular weight excluding hydrogens is 304 g/mol. The monoisotopic (exact) mass is 346 g/mol. The van der Waals surface area contributed by atoms with E-state index in [-0.39, 0.29) is 45.7 Å². The number of methoxy groups -OCH3 is 1. The van der Waals surface area contributed by atoms with Crippen LogP contribution in [0.3, 0.4) is 0 Å². The van der Waals surface area contributed by atoms with Gasteiger partial charge in [-0.25, -0.2) is 0 Å². The summed E-state index contributed by atoms with van der Waals surface area (Å²) in [5.74, 6) is 2.21. The van der Waals surface area contributed by atoms with E-state index in [0.717, 1.165) is 0 Å². The van der Waals surface area contributed by atoms with Crippen LogP contribution in [0.1, 0.15) is 63.3 Å². The third kappa shape index (κ3) is 4.51. The molecule has 24 heavy (non-hydrogen) atoms. The lowest BCUT2D eigenvalue weighted by atomic mass is 9.79. The molecule has 2 aliphatic rings. The summed E-state index contributed by atoms with van der Waals surface area (Å²) >= 11 is 0. The SMILES string of the molecule is C.C.CO[C@@H]1O[C@H](C)[C@@H](O[C@@H]2O[C@H](C)C(C)[C@H](C)[C@H]2C)[C@H](C)[C@H]1C. The van der Waals surface area contributed by atoms with Gasteiger partial charge in [0, 0.05) is 18.9 Å². The zero-order valence-electron chi connectivity index (χ0n) is 15.4. The van der Waals surface area contributed by atoms with Gasteiger partial charge in [0.25, 0.3) is 0 Å². The summed E-state index contributed by atoms with van der Waals surface area (Å²) in [6.07, 6.45) is -0.00699. The first kappa shape index (κ1) is 23.8. The Balaban J connectivity index is 0.00000264. The van der Waals surface area contributed by atoms with Crippen LogP contribution >= 0.6 is 0 Å². The minimum atomic E-state index is -0.147. The zero-order valence-corrected chi connectivity index (χ0v) is 15.4. The topological polar surface area (TPSA) is 36.9 Å². The first-order valence-electron chi connectivity index (χ1n) is 8.77. The van der Waals surface area contributed by atoms with Gasteiger partial charge in [-0.2, -0.15) is 0 Å². The van der Waals surface area contributed by atoms with E-state index in [1.807, 2.05) is 0 Å². The number of rotatable bonds is 3. The van der Waals surface area contributed by atoms with Crippen LogP contribution in [0.15, 0.2) is 0 Å². The molecule has 1 unspecified atom stereocenters. The van der Waals surface area contributed by atoms with Gasteiger partial charge in [-0.1, -0.05) is 49.5 Å². The van der Waals surface area contributed by atoms with Gasteiger partial charge in [0.05, 0.1) is 18.3 Å². The molecule has 2 rings (SSSR count).